The number of carbonyl (C=O) groups excluding carboxylic acids is 1. The van der Waals surface area contributed by atoms with Gasteiger partial charge in [-0.3, -0.25) is 4.79 Å². The molecule has 0 aliphatic carbocycles. The summed E-state index contributed by atoms with van der Waals surface area (Å²) in [5.41, 5.74) is 1.14. The highest BCUT2D eigenvalue weighted by Crippen LogP contribution is 2.24. The lowest BCUT2D eigenvalue weighted by atomic mass is 9.93. The van der Waals surface area contributed by atoms with Gasteiger partial charge in [0.25, 0.3) is 0 Å². The molecule has 0 bridgehead atoms. The Morgan fingerprint density at radius 2 is 1.91 bits per heavy atom. The van der Waals surface area contributed by atoms with Gasteiger partial charge in [0.05, 0.1) is 13.2 Å². The first-order chi connectivity index (χ1) is 10.6. The monoisotopic (exact) mass is 340 g/mol. The van der Waals surface area contributed by atoms with Crippen molar-refractivity contribution in [2.24, 2.45) is 5.92 Å². The van der Waals surface area contributed by atoms with Crippen molar-refractivity contribution in [3.8, 4) is 5.75 Å². The molecule has 1 saturated heterocycles. The van der Waals surface area contributed by atoms with E-state index in [1.54, 1.807) is 7.11 Å². The number of carbonyl (C=O) groups is 1. The second-order valence-corrected chi connectivity index (χ2v) is 6.19. The standard InChI is InChI=1S/C18H28N2O2.ClH/c1-14(16-5-7-17(22-3)8-6-16)20(2)18(21)9-4-15-10-12-19-13-11-15;/h5-8,14-15,19H,4,9-13H2,1-3H3;1H. The zero-order valence-corrected chi connectivity index (χ0v) is 15.2. The number of piperidine rings is 1. The fourth-order valence-electron chi connectivity index (χ4n) is 3.00. The van der Waals surface area contributed by atoms with Gasteiger partial charge in [-0.15, -0.1) is 12.4 Å². The fourth-order valence-corrected chi connectivity index (χ4v) is 3.00. The fraction of sp³-hybridized carbons (Fsp3) is 0.611. The van der Waals surface area contributed by atoms with Crippen LogP contribution in [0.4, 0.5) is 0 Å². The zero-order valence-electron chi connectivity index (χ0n) is 14.4. The van der Waals surface area contributed by atoms with Crippen LogP contribution in [0.3, 0.4) is 0 Å². The van der Waals surface area contributed by atoms with Gasteiger partial charge in [0.1, 0.15) is 5.75 Å². The van der Waals surface area contributed by atoms with Crippen molar-refractivity contribution in [1.82, 2.24) is 10.2 Å². The number of rotatable bonds is 6. The van der Waals surface area contributed by atoms with Gasteiger partial charge < -0.3 is 15.0 Å². The van der Waals surface area contributed by atoms with Crippen LogP contribution in [-0.2, 0) is 4.79 Å². The molecule has 1 unspecified atom stereocenters. The maximum absolute atomic E-state index is 12.4. The lowest BCUT2D eigenvalue weighted by molar-refractivity contribution is -0.132. The Labute approximate surface area is 146 Å². The van der Waals surface area contributed by atoms with E-state index in [0.29, 0.717) is 12.3 Å². The van der Waals surface area contributed by atoms with E-state index in [0.717, 1.165) is 30.8 Å². The van der Waals surface area contributed by atoms with Crippen molar-refractivity contribution < 1.29 is 9.53 Å². The van der Waals surface area contributed by atoms with E-state index in [9.17, 15) is 4.79 Å². The first-order valence-electron chi connectivity index (χ1n) is 8.22. The van der Waals surface area contributed by atoms with E-state index in [2.05, 4.69) is 12.2 Å². The van der Waals surface area contributed by atoms with Gasteiger partial charge in [-0.05, 0) is 62.9 Å². The van der Waals surface area contributed by atoms with E-state index in [1.807, 2.05) is 36.2 Å². The molecule has 0 aromatic heterocycles. The van der Waals surface area contributed by atoms with Gasteiger partial charge in [0.2, 0.25) is 5.91 Å². The summed E-state index contributed by atoms with van der Waals surface area (Å²) in [6.07, 6.45) is 4.07. The van der Waals surface area contributed by atoms with Crippen molar-refractivity contribution in [3.05, 3.63) is 29.8 Å². The summed E-state index contributed by atoms with van der Waals surface area (Å²) in [5.74, 6) is 1.78. The summed E-state index contributed by atoms with van der Waals surface area (Å²) in [5, 5.41) is 3.37. The van der Waals surface area contributed by atoms with Crippen LogP contribution in [0.5, 0.6) is 5.75 Å². The maximum atomic E-state index is 12.4. The normalized spacial score (nSPS) is 16.3. The van der Waals surface area contributed by atoms with Crippen LogP contribution < -0.4 is 10.1 Å². The topological polar surface area (TPSA) is 41.6 Å². The predicted molar refractivity (Wildman–Crippen MR) is 96.3 cm³/mol. The van der Waals surface area contributed by atoms with Crippen LogP contribution >= 0.6 is 12.4 Å². The first kappa shape index (κ1) is 19.8. The Hall–Kier alpha value is -1.26. The van der Waals surface area contributed by atoms with Crippen LogP contribution in [0.25, 0.3) is 0 Å². The quantitative estimate of drug-likeness (QED) is 0.862. The summed E-state index contributed by atoms with van der Waals surface area (Å²) in [6.45, 7) is 4.26. The molecule has 4 nitrogen and oxygen atoms in total. The van der Waals surface area contributed by atoms with Crippen molar-refractivity contribution in [2.75, 3.05) is 27.2 Å². The molecule has 0 spiro atoms. The van der Waals surface area contributed by atoms with Crippen molar-refractivity contribution in [1.29, 1.82) is 0 Å². The Morgan fingerprint density at radius 3 is 2.48 bits per heavy atom. The molecule has 1 aromatic rings. The minimum Gasteiger partial charge on any atom is -0.497 e. The number of methoxy groups -OCH3 is 1. The molecular formula is C18H29ClN2O2. The SMILES string of the molecule is COc1ccc(C(C)N(C)C(=O)CCC2CCNCC2)cc1.Cl. The number of ether oxygens (including phenoxy) is 1. The molecule has 130 valence electrons. The Kier molecular flexibility index (Phi) is 8.42. The zero-order chi connectivity index (χ0) is 15.9. The molecule has 1 aromatic carbocycles. The molecule has 0 radical (unpaired) electrons. The van der Waals surface area contributed by atoms with E-state index in [1.165, 1.54) is 12.8 Å². The summed E-state index contributed by atoms with van der Waals surface area (Å²) >= 11 is 0. The first-order valence-corrected chi connectivity index (χ1v) is 8.22. The molecule has 1 heterocycles. The molecule has 1 aliphatic heterocycles. The van der Waals surface area contributed by atoms with Crippen LogP contribution in [0, 0.1) is 5.92 Å². The second kappa shape index (κ2) is 9.78. The minimum atomic E-state index is 0. The minimum absolute atomic E-state index is 0. The van der Waals surface area contributed by atoms with E-state index in [4.69, 9.17) is 4.74 Å². The van der Waals surface area contributed by atoms with Crippen LogP contribution in [-0.4, -0.2) is 38.1 Å². The Balaban J connectivity index is 0.00000264. The van der Waals surface area contributed by atoms with Crippen molar-refractivity contribution >= 4 is 18.3 Å². The van der Waals surface area contributed by atoms with Crippen LogP contribution in [0.1, 0.15) is 44.2 Å². The van der Waals surface area contributed by atoms with Gasteiger partial charge in [-0.2, -0.15) is 0 Å². The highest BCUT2D eigenvalue weighted by molar-refractivity contribution is 5.85. The average Bonchev–Trinajstić information content (AvgIpc) is 2.59. The van der Waals surface area contributed by atoms with Gasteiger partial charge in [0.15, 0.2) is 0 Å². The third kappa shape index (κ3) is 5.70. The van der Waals surface area contributed by atoms with Crippen LogP contribution in [0.2, 0.25) is 0 Å². The third-order valence-electron chi connectivity index (χ3n) is 4.80. The van der Waals surface area contributed by atoms with Crippen molar-refractivity contribution in [2.45, 2.75) is 38.6 Å². The molecule has 1 N–H and O–H groups in total. The van der Waals surface area contributed by atoms with E-state index in [-0.39, 0.29) is 24.4 Å². The number of nitrogens with one attached hydrogen (secondary N) is 1. The van der Waals surface area contributed by atoms with Gasteiger partial charge >= 0.3 is 0 Å². The van der Waals surface area contributed by atoms with Gasteiger partial charge in [0, 0.05) is 13.5 Å². The molecule has 0 saturated carbocycles. The lowest BCUT2D eigenvalue weighted by Gasteiger charge is -2.27. The largest absolute Gasteiger partial charge is 0.497 e. The predicted octanol–water partition coefficient (Wildman–Crippen LogP) is 3.42. The summed E-state index contributed by atoms with van der Waals surface area (Å²) in [6, 6.07) is 8.03. The smallest absolute Gasteiger partial charge is 0.222 e. The van der Waals surface area contributed by atoms with Crippen LogP contribution in [0.15, 0.2) is 24.3 Å². The summed E-state index contributed by atoms with van der Waals surface area (Å²) < 4.78 is 5.18. The molecule has 23 heavy (non-hydrogen) atoms. The molecule has 1 atom stereocenters. The molecule has 2 rings (SSSR count). The number of hydrogen-bond donors (Lipinski definition) is 1. The average molecular weight is 341 g/mol. The lowest BCUT2D eigenvalue weighted by Crippen LogP contribution is -2.31. The molecule has 1 amide bonds. The van der Waals surface area contributed by atoms with E-state index < -0.39 is 0 Å². The molecule has 5 heteroatoms. The summed E-state index contributed by atoms with van der Waals surface area (Å²) in [7, 11) is 3.56. The van der Waals surface area contributed by atoms with Crippen molar-refractivity contribution in [3.63, 3.8) is 0 Å². The van der Waals surface area contributed by atoms with Gasteiger partial charge in [-0.25, -0.2) is 0 Å². The number of hydrogen-bond acceptors (Lipinski definition) is 3. The molecular weight excluding hydrogens is 312 g/mol. The Bertz CT molecular complexity index is 472. The number of amides is 1. The maximum Gasteiger partial charge on any atom is 0.222 e. The Morgan fingerprint density at radius 1 is 1.30 bits per heavy atom. The third-order valence-corrected chi connectivity index (χ3v) is 4.80. The molecule has 1 fully saturated rings. The number of halogens is 1. The number of benzene rings is 1. The number of nitrogens with zero attached hydrogens (tertiary/aromatic N) is 1. The van der Waals surface area contributed by atoms with Gasteiger partial charge in [-0.1, -0.05) is 12.1 Å². The summed E-state index contributed by atoms with van der Waals surface area (Å²) in [4.78, 5) is 14.3. The highest BCUT2D eigenvalue weighted by atomic mass is 35.5. The second-order valence-electron chi connectivity index (χ2n) is 6.19. The molecule has 1 aliphatic rings. The highest BCUT2D eigenvalue weighted by Gasteiger charge is 2.20. The van der Waals surface area contributed by atoms with E-state index >= 15 is 0 Å².